The Morgan fingerprint density at radius 1 is 1.30 bits per heavy atom. The molecule has 0 heterocycles. The largest absolute Gasteiger partial charge is 0.392 e. The van der Waals surface area contributed by atoms with E-state index in [1.54, 1.807) is 0 Å². The number of benzene rings is 1. The standard InChI is InChI=1S/C14H20FNO3S/c1-10-7-13(8-11(9-17)14(10)15)20(18,19)16-12-5-3-2-4-6-12/h7-8,12,16-17H,2-6,9H2,1H3. The van der Waals surface area contributed by atoms with Crippen molar-refractivity contribution in [3.8, 4) is 0 Å². The molecule has 2 rings (SSSR count). The highest BCUT2D eigenvalue weighted by molar-refractivity contribution is 7.89. The number of halogens is 1. The van der Waals surface area contributed by atoms with Gasteiger partial charge in [-0.2, -0.15) is 0 Å². The highest BCUT2D eigenvalue weighted by Gasteiger charge is 2.23. The fourth-order valence-electron chi connectivity index (χ4n) is 2.58. The topological polar surface area (TPSA) is 66.4 Å². The number of nitrogens with one attached hydrogen (secondary N) is 1. The first-order valence-electron chi connectivity index (χ1n) is 6.86. The highest BCUT2D eigenvalue weighted by Crippen LogP contribution is 2.22. The molecule has 2 N–H and O–H groups in total. The predicted octanol–water partition coefficient (Wildman–Crippen LogP) is 2.24. The van der Waals surface area contributed by atoms with Crippen LogP contribution in [0.5, 0.6) is 0 Å². The molecule has 0 aromatic heterocycles. The van der Waals surface area contributed by atoms with Crippen molar-refractivity contribution in [2.24, 2.45) is 0 Å². The summed E-state index contributed by atoms with van der Waals surface area (Å²) in [6, 6.07) is 2.46. The number of aryl methyl sites for hydroxylation is 1. The predicted molar refractivity (Wildman–Crippen MR) is 74.3 cm³/mol. The van der Waals surface area contributed by atoms with Gasteiger partial charge in [-0.25, -0.2) is 17.5 Å². The van der Waals surface area contributed by atoms with Crippen molar-refractivity contribution in [3.63, 3.8) is 0 Å². The normalized spacial score (nSPS) is 17.4. The van der Waals surface area contributed by atoms with Crippen molar-refractivity contribution < 1.29 is 17.9 Å². The van der Waals surface area contributed by atoms with Crippen molar-refractivity contribution >= 4 is 10.0 Å². The average molecular weight is 301 g/mol. The van der Waals surface area contributed by atoms with E-state index < -0.39 is 22.4 Å². The molecule has 0 bridgehead atoms. The monoisotopic (exact) mass is 301 g/mol. The minimum Gasteiger partial charge on any atom is -0.392 e. The maximum Gasteiger partial charge on any atom is 0.240 e. The van der Waals surface area contributed by atoms with Gasteiger partial charge in [0.15, 0.2) is 0 Å². The van der Waals surface area contributed by atoms with E-state index in [9.17, 15) is 12.8 Å². The molecular weight excluding hydrogens is 281 g/mol. The molecule has 4 nitrogen and oxygen atoms in total. The third-order valence-corrected chi connectivity index (χ3v) is 5.21. The van der Waals surface area contributed by atoms with Crippen molar-refractivity contribution in [1.29, 1.82) is 0 Å². The van der Waals surface area contributed by atoms with Crippen LogP contribution in [0.2, 0.25) is 0 Å². The lowest BCUT2D eigenvalue weighted by Gasteiger charge is -2.22. The van der Waals surface area contributed by atoms with E-state index in [2.05, 4.69) is 4.72 Å². The summed E-state index contributed by atoms with van der Waals surface area (Å²) in [4.78, 5) is 0.0195. The Kier molecular flexibility index (Phi) is 4.78. The molecule has 20 heavy (non-hydrogen) atoms. The zero-order valence-electron chi connectivity index (χ0n) is 11.5. The minimum atomic E-state index is -3.66. The van der Waals surface area contributed by atoms with Gasteiger partial charge in [-0.1, -0.05) is 19.3 Å². The van der Waals surface area contributed by atoms with Crippen LogP contribution in [0.3, 0.4) is 0 Å². The lowest BCUT2D eigenvalue weighted by molar-refractivity contribution is 0.275. The highest BCUT2D eigenvalue weighted by atomic mass is 32.2. The smallest absolute Gasteiger partial charge is 0.240 e. The first kappa shape index (κ1) is 15.4. The quantitative estimate of drug-likeness (QED) is 0.896. The number of hydrogen-bond acceptors (Lipinski definition) is 3. The second kappa shape index (κ2) is 6.20. The summed E-state index contributed by atoms with van der Waals surface area (Å²) in [5.74, 6) is -0.552. The van der Waals surface area contributed by atoms with Crippen molar-refractivity contribution in [2.45, 2.75) is 56.6 Å². The van der Waals surface area contributed by atoms with Crippen LogP contribution in [0.25, 0.3) is 0 Å². The first-order chi connectivity index (χ1) is 9.44. The van der Waals surface area contributed by atoms with Crippen LogP contribution in [-0.4, -0.2) is 19.6 Å². The minimum absolute atomic E-state index is 0.00835. The summed E-state index contributed by atoms with van der Waals surface area (Å²) in [7, 11) is -3.66. The third kappa shape index (κ3) is 3.37. The van der Waals surface area contributed by atoms with Crippen molar-refractivity contribution in [3.05, 3.63) is 29.1 Å². The van der Waals surface area contributed by atoms with E-state index in [0.717, 1.165) is 32.1 Å². The molecule has 1 aromatic rings. The Morgan fingerprint density at radius 2 is 1.95 bits per heavy atom. The van der Waals surface area contributed by atoms with Crippen LogP contribution in [0.4, 0.5) is 4.39 Å². The number of rotatable bonds is 4. The maximum atomic E-state index is 13.7. The molecule has 1 aliphatic rings. The lowest BCUT2D eigenvalue weighted by atomic mass is 9.96. The van der Waals surface area contributed by atoms with E-state index >= 15 is 0 Å². The van der Waals surface area contributed by atoms with E-state index in [1.165, 1.54) is 19.1 Å². The van der Waals surface area contributed by atoms with E-state index in [4.69, 9.17) is 5.11 Å². The van der Waals surface area contributed by atoms with Gasteiger partial charge in [0.1, 0.15) is 5.82 Å². The zero-order chi connectivity index (χ0) is 14.8. The summed E-state index contributed by atoms with van der Waals surface area (Å²) < 4.78 is 41.0. The van der Waals surface area contributed by atoms with Crippen LogP contribution in [0.15, 0.2) is 17.0 Å². The molecule has 112 valence electrons. The second-order valence-corrected chi connectivity index (χ2v) is 7.04. The summed E-state index contributed by atoms with van der Waals surface area (Å²) in [6.07, 6.45) is 4.87. The second-order valence-electron chi connectivity index (χ2n) is 5.33. The van der Waals surface area contributed by atoms with Gasteiger partial charge in [0.2, 0.25) is 10.0 Å². The maximum absolute atomic E-state index is 13.7. The first-order valence-corrected chi connectivity index (χ1v) is 8.34. The van der Waals surface area contributed by atoms with Gasteiger partial charge >= 0.3 is 0 Å². The molecule has 0 aliphatic heterocycles. The Bertz CT molecular complexity index is 580. The van der Waals surface area contributed by atoms with E-state index in [0.29, 0.717) is 0 Å². The molecule has 0 atom stereocenters. The Hall–Kier alpha value is -0.980. The SMILES string of the molecule is Cc1cc(S(=O)(=O)NC2CCCCC2)cc(CO)c1F. The van der Waals surface area contributed by atoms with Crippen LogP contribution < -0.4 is 4.72 Å². The van der Waals surface area contributed by atoms with Gasteiger partial charge in [-0.05, 0) is 37.5 Å². The van der Waals surface area contributed by atoms with Crippen molar-refractivity contribution in [2.75, 3.05) is 0 Å². The molecule has 0 saturated heterocycles. The van der Waals surface area contributed by atoms with Crippen LogP contribution in [-0.2, 0) is 16.6 Å². The van der Waals surface area contributed by atoms with Gasteiger partial charge < -0.3 is 5.11 Å². The number of aliphatic hydroxyl groups is 1. The number of sulfonamides is 1. The number of aliphatic hydroxyl groups excluding tert-OH is 1. The van der Waals surface area contributed by atoms with Crippen LogP contribution >= 0.6 is 0 Å². The van der Waals surface area contributed by atoms with Crippen LogP contribution in [0, 0.1) is 12.7 Å². The molecular formula is C14H20FNO3S. The van der Waals surface area contributed by atoms with Crippen LogP contribution in [0.1, 0.15) is 43.2 Å². The van der Waals surface area contributed by atoms with Gasteiger partial charge in [-0.15, -0.1) is 0 Å². The molecule has 0 spiro atoms. The summed E-state index contributed by atoms with van der Waals surface area (Å²) in [6.45, 7) is 0.980. The van der Waals surface area contributed by atoms with Crippen molar-refractivity contribution in [1.82, 2.24) is 4.72 Å². The lowest BCUT2D eigenvalue weighted by Crippen LogP contribution is -2.36. The fraction of sp³-hybridized carbons (Fsp3) is 0.571. The molecule has 1 saturated carbocycles. The molecule has 1 aromatic carbocycles. The van der Waals surface area contributed by atoms with Gasteiger partial charge in [0.05, 0.1) is 11.5 Å². The number of hydrogen-bond donors (Lipinski definition) is 2. The summed E-state index contributed by atoms with van der Waals surface area (Å²) >= 11 is 0. The fourth-order valence-corrected chi connectivity index (χ4v) is 4.02. The molecule has 0 radical (unpaired) electrons. The molecule has 1 fully saturated rings. The summed E-state index contributed by atoms with van der Waals surface area (Å²) in [5.41, 5.74) is 0.231. The average Bonchev–Trinajstić information content (AvgIpc) is 2.42. The molecule has 1 aliphatic carbocycles. The van der Waals surface area contributed by atoms with Gasteiger partial charge in [-0.3, -0.25) is 0 Å². The van der Waals surface area contributed by atoms with E-state index in [1.807, 2.05) is 0 Å². The summed E-state index contributed by atoms with van der Waals surface area (Å²) in [5, 5.41) is 9.10. The Labute approximate surface area is 119 Å². The Balaban J connectivity index is 2.26. The zero-order valence-corrected chi connectivity index (χ0v) is 12.3. The van der Waals surface area contributed by atoms with Gasteiger partial charge in [0.25, 0.3) is 0 Å². The Morgan fingerprint density at radius 3 is 2.55 bits per heavy atom. The molecule has 0 unspecified atom stereocenters. The van der Waals surface area contributed by atoms with E-state index in [-0.39, 0.29) is 22.1 Å². The third-order valence-electron chi connectivity index (χ3n) is 3.71. The molecule has 0 amide bonds. The molecule has 6 heteroatoms. The van der Waals surface area contributed by atoms with Gasteiger partial charge in [0, 0.05) is 11.6 Å².